The monoisotopic (exact) mass is 274 g/mol. The first-order chi connectivity index (χ1) is 9.78. The Morgan fingerprint density at radius 3 is 2.30 bits per heavy atom. The second-order valence-electron chi connectivity index (χ2n) is 6.32. The Balaban J connectivity index is 1.80. The number of nitrogens with zero attached hydrogens (tertiary/aromatic N) is 3. The third kappa shape index (κ3) is 3.62. The minimum atomic E-state index is 0.899. The molecule has 1 aromatic heterocycles. The summed E-state index contributed by atoms with van der Waals surface area (Å²) in [4.78, 5) is 11.9. The zero-order valence-electron chi connectivity index (χ0n) is 12.7. The van der Waals surface area contributed by atoms with E-state index in [1.807, 2.05) is 7.05 Å². The average molecular weight is 274 g/mol. The molecule has 20 heavy (non-hydrogen) atoms. The quantitative estimate of drug-likeness (QED) is 0.791. The molecule has 1 N–H and O–H groups in total. The summed E-state index contributed by atoms with van der Waals surface area (Å²) in [5, 5.41) is 3.18. The molecule has 2 aliphatic carbocycles. The first kappa shape index (κ1) is 13.7. The second kappa shape index (κ2) is 5.98. The van der Waals surface area contributed by atoms with Gasteiger partial charge in [-0.05, 0) is 43.9 Å². The number of rotatable bonds is 8. The highest BCUT2D eigenvalue weighted by atomic mass is 15.2. The first-order valence-corrected chi connectivity index (χ1v) is 8.09. The Morgan fingerprint density at radius 1 is 1.15 bits per heavy atom. The van der Waals surface area contributed by atoms with Crippen LogP contribution in [0.5, 0.6) is 0 Å². The number of hydrogen-bond acceptors (Lipinski definition) is 4. The molecule has 1 aromatic rings. The van der Waals surface area contributed by atoms with Crippen LogP contribution in [-0.4, -0.2) is 30.1 Å². The molecule has 2 saturated carbocycles. The van der Waals surface area contributed by atoms with Gasteiger partial charge in [-0.1, -0.05) is 6.92 Å². The van der Waals surface area contributed by atoms with Gasteiger partial charge in [-0.15, -0.1) is 0 Å². The van der Waals surface area contributed by atoms with E-state index in [1.54, 1.807) is 0 Å². The van der Waals surface area contributed by atoms with Crippen molar-refractivity contribution in [2.45, 2.75) is 45.4 Å². The van der Waals surface area contributed by atoms with Crippen molar-refractivity contribution in [3.8, 4) is 0 Å². The third-order valence-corrected chi connectivity index (χ3v) is 4.16. The van der Waals surface area contributed by atoms with Crippen molar-refractivity contribution in [2.75, 3.05) is 30.4 Å². The lowest BCUT2D eigenvalue weighted by Gasteiger charge is -2.24. The normalized spacial score (nSPS) is 18.1. The lowest BCUT2D eigenvalue weighted by atomic mass is 10.3. The van der Waals surface area contributed by atoms with Crippen molar-refractivity contribution >= 4 is 11.6 Å². The van der Waals surface area contributed by atoms with E-state index < -0.39 is 0 Å². The van der Waals surface area contributed by atoms with Gasteiger partial charge in [0, 0.05) is 32.6 Å². The third-order valence-electron chi connectivity index (χ3n) is 4.16. The highest BCUT2D eigenvalue weighted by Gasteiger charge is 2.30. The molecule has 4 nitrogen and oxygen atoms in total. The maximum absolute atomic E-state index is 4.81. The van der Waals surface area contributed by atoms with E-state index in [9.17, 15) is 0 Å². The van der Waals surface area contributed by atoms with Crippen LogP contribution in [0.3, 0.4) is 0 Å². The van der Waals surface area contributed by atoms with Crippen LogP contribution in [0.4, 0.5) is 11.6 Å². The van der Waals surface area contributed by atoms with Gasteiger partial charge in [0.15, 0.2) is 0 Å². The Bertz CT molecular complexity index is 438. The van der Waals surface area contributed by atoms with Crippen LogP contribution >= 0.6 is 0 Å². The van der Waals surface area contributed by atoms with Crippen LogP contribution in [0.1, 0.15) is 44.9 Å². The molecule has 110 valence electrons. The molecule has 4 heteroatoms. The number of anilines is 2. The van der Waals surface area contributed by atoms with Crippen LogP contribution in [0.15, 0.2) is 6.07 Å². The van der Waals surface area contributed by atoms with Gasteiger partial charge in [-0.2, -0.15) is 0 Å². The smallest absolute Gasteiger partial charge is 0.134 e. The molecule has 0 aromatic carbocycles. The summed E-state index contributed by atoms with van der Waals surface area (Å²) < 4.78 is 0. The molecule has 0 atom stereocenters. The molecule has 0 saturated heterocycles. The summed E-state index contributed by atoms with van der Waals surface area (Å²) in [6.07, 6.45) is 7.64. The maximum Gasteiger partial charge on any atom is 0.134 e. The van der Waals surface area contributed by atoms with Crippen molar-refractivity contribution < 1.29 is 0 Å². The van der Waals surface area contributed by atoms with Gasteiger partial charge in [-0.3, -0.25) is 0 Å². The molecule has 2 aliphatic rings. The van der Waals surface area contributed by atoms with E-state index in [1.165, 1.54) is 38.8 Å². The zero-order chi connectivity index (χ0) is 13.9. The second-order valence-corrected chi connectivity index (χ2v) is 6.32. The Hall–Kier alpha value is -1.32. The molecule has 0 bridgehead atoms. The minimum Gasteiger partial charge on any atom is -0.373 e. The van der Waals surface area contributed by atoms with Crippen molar-refractivity contribution in [2.24, 2.45) is 11.8 Å². The molecule has 0 amide bonds. The molecule has 1 heterocycles. The van der Waals surface area contributed by atoms with Crippen LogP contribution in [0.25, 0.3) is 0 Å². The number of hydrogen-bond donors (Lipinski definition) is 1. The summed E-state index contributed by atoms with van der Waals surface area (Å²) in [6, 6.07) is 2.12. The summed E-state index contributed by atoms with van der Waals surface area (Å²) in [5.41, 5.74) is 0. The fourth-order valence-electron chi connectivity index (χ4n) is 2.59. The number of nitrogens with one attached hydrogen (secondary N) is 1. The predicted octanol–water partition coefficient (Wildman–Crippen LogP) is 3.10. The average Bonchev–Trinajstić information content (AvgIpc) is 3.33. The van der Waals surface area contributed by atoms with E-state index in [0.717, 1.165) is 42.1 Å². The maximum atomic E-state index is 4.81. The summed E-state index contributed by atoms with van der Waals surface area (Å²) in [5.74, 6) is 4.86. The summed E-state index contributed by atoms with van der Waals surface area (Å²) in [7, 11) is 1.94. The first-order valence-electron chi connectivity index (χ1n) is 8.09. The van der Waals surface area contributed by atoms with Gasteiger partial charge in [0.1, 0.15) is 17.5 Å². The molecule has 0 spiro atoms. The standard InChI is InChI=1S/C16H26N4/c1-3-4-14-18-15(17-2)9-16(19-14)20(10-12-5-6-12)11-13-7-8-13/h9,12-13H,3-8,10-11H2,1-2H3,(H,17,18,19). The number of aromatic nitrogens is 2. The number of aryl methyl sites for hydroxylation is 1. The molecule has 3 rings (SSSR count). The van der Waals surface area contributed by atoms with Gasteiger partial charge in [-0.25, -0.2) is 9.97 Å². The highest BCUT2D eigenvalue weighted by Crippen LogP contribution is 2.35. The topological polar surface area (TPSA) is 41.1 Å². The molecular weight excluding hydrogens is 248 g/mol. The van der Waals surface area contributed by atoms with E-state index in [4.69, 9.17) is 4.98 Å². The van der Waals surface area contributed by atoms with Crippen molar-refractivity contribution in [1.29, 1.82) is 0 Å². The van der Waals surface area contributed by atoms with Crippen LogP contribution < -0.4 is 10.2 Å². The van der Waals surface area contributed by atoms with Gasteiger partial charge >= 0.3 is 0 Å². The van der Waals surface area contributed by atoms with Crippen molar-refractivity contribution in [3.63, 3.8) is 0 Å². The Kier molecular flexibility index (Phi) is 4.08. The van der Waals surface area contributed by atoms with Crippen molar-refractivity contribution in [3.05, 3.63) is 11.9 Å². The molecule has 2 fully saturated rings. The van der Waals surface area contributed by atoms with E-state index in [2.05, 4.69) is 28.2 Å². The zero-order valence-corrected chi connectivity index (χ0v) is 12.7. The van der Waals surface area contributed by atoms with E-state index in [0.29, 0.717) is 0 Å². The fourth-order valence-corrected chi connectivity index (χ4v) is 2.59. The van der Waals surface area contributed by atoms with E-state index in [-0.39, 0.29) is 0 Å². The highest BCUT2D eigenvalue weighted by molar-refractivity contribution is 5.49. The Morgan fingerprint density at radius 2 is 1.80 bits per heavy atom. The van der Waals surface area contributed by atoms with Gasteiger partial charge < -0.3 is 10.2 Å². The van der Waals surface area contributed by atoms with Gasteiger partial charge in [0.05, 0.1) is 0 Å². The molecule has 0 radical (unpaired) electrons. The molecular formula is C16H26N4. The lowest BCUT2D eigenvalue weighted by Crippen LogP contribution is -2.29. The van der Waals surface area contributed by atoms with E-state index >= 15 is 0 Å². The predicted molar refractivity (Wildman–Crippen MR) is 83.2 cm³/mol. The van der Waals surface area contributed by atoms with Crippen LogP contribution in [0, 0.1) is 11.8 Å². The van der Waals surface area contributed by atoms with Gasteiger partial charge in [0.25, 0.3) is 0 Å². The van der Waals surface area contributed by atoms with Crippen LogP contribution in [0.2, 0.25) is 0 Å². The summed E-state index contributed by atoms with van der Waals surface area (Å²) in [6.45, 7) is 4.55. The van der Waals surface area contributed by atoms with Crippen molar-refractivity contribution in [1.82, 2.24) is 9.97 Å². The minimum absolute atomic E-state index is 0.899. The van der Waals surface area contributed by atoms with Crippen LogP contribution in [-0.2, 0) is 6.42 Å². The SMILES string of the molecule is CCCc1nc(NC)cc(N(CC2CC2)CC2CC2)n1. The fraction of sp³-hybridized carbons (Fsp3) is 0.750. The summed E-state index contributed by atoms with van der Waals surface area (Å²) >= 11 is 0. The van der Waals surface area contributed by atoms with Gasteiger partial charge in [0.2, 0.25) is 0 Å². The molecule has 0 unspecified atom stereocenters. The Labute approximate surface area is 122 Å². The largest absolute Gasteiger partial charge is 0.373 e. The molecule has 0 aliphatic heterocycles. The lowest BCUT2D eigenvalue weighted by molar-refractivity contribution is 0.666.